The van der Waals surface area contributed by atoms with Crippen molar-refractivity contribution in [2.45, 2.75) is 270 Å². The molecule has 0 aromatic heterocycles. The van der Waals surface area contributed by atoms with E-state index in [0.717, 1.165) is 32.1 Å². The van der Waals surface area contributed by atoms with Gasteiger partial charge < -0.3 is 15.5 Å². The van der Waals surface area contributed by atoms with Crippen molar-refractivity contribution in [3.8, 4) is 0 Å². The molecule has 0 aliphatic carbocycles. The molecule has 0 aliphatic rings. The second-order valence-electron chi connectivity index (χ2n) is 16.5. The molecule has 0 aromatic rings. The lowest BCUT2D eigenvalue weighted by molar-refractivity contribution is -0.123. The largest absolute Gasteiger partial charge is 0.394 e. The number of unbranched alkanes of at least 4 members (excludes halogenated alkanes) is 33. The second-order valence-corrected chi connectivity index (χ2v) is 16.5. The number of nitrogens with one attached hydrogen (secondary N) is 1. The summed E-state index contributed by atoms with van der Waals surface area (Å²) in [6.45, 7) is 4.31. The van der Waals surface area contributed by atoms with Crippen molar-refractivity contribution < 1.29 is 15.0 Å². The second kappa shape index (κ2) is 46.0. The third-order valence-corrected chi connectivity index (χ3v) is 11.1. The van der Waals surface area contributed by atoms with Crippen LogP contribution in [0.5, 0.6) is 0 Å². The van der Waals surface area contributed by atoms with Gasteiger partial charge in [0.05, 0.1) is 18.8 Å². The van der Waals surface area contributed by atoms with Crippen molar-refractivity contribution in [3.05, 3.63) is 36.5 Å². The van der Waals surface area contributed by atoms with Gasteiger partial charge in [-0.05, 0) is 57.8 Å². The number of hydrogen-bond donors (Lipinski definition) is 3. The quantitative estimate of drug-likeness (QED) is 0.0428. The Balaban J connectivity index is 3.58. The van der Waals surface area contributed by atoms with E-state index in [4.69, 9.17) is 0 Å². The maximum absolute atomic E-state index is 12.4. The van der Waals surface area contributed by atoms with Gasteiger partial charge in [-0.25, -0.2) is 0 Å². The minimum Gasteiger partial charge on any atom is -0.394 e. The molecule has 3 N–H and O–H groups in total. The summed E-state index contributed by atoms with van der Waals surface area (Å²) in [4.78, 5) is 12.4. The highest BCUT2D eigenvalue weighted by Crippen LogP contribution is 2.15. The van der Waals surface area contributed by atoms with E-state index >= 15 is 0 Å². The molecule has 54 heavy (non-hydrogen) atoms. The van der Waals surface area contributed by atoms with E-state index in [1.807, 2.05) is 6.08 Å². The molecule has 0 saturated carbocycles. The molecule has 0 saturated heterocycles. The van der Waals surface area contributed by atoms with Crippen LogP contribution in [0.25, 0.3) is 0 Å². The molecule has 0 aliphatic heterocycles. The third-order valence-electron chi connectivity index (χ3n) is 11.1. The third kappa shape index (κ3) is 41.8. The minimum absolute atomic E-state index is 0.0764. The van der Waals surface area contributed by atoms with Crippen molar-refractivity contribution in [1.82, 2.24) is 5.32 Å². The molecular formula is C50H95NO3. The fourth-order valence-corrected chi connectivity index (χ4v) is 7.37. The lowest BCUT2D eigenvalue weighted by Gasteiger charge is -2.19. The zero-order chi connectivity index (χ0) is 39.3. The Morgan fingerprint density at radius 1 is 0.426 bits per heavy atom. The lowest BCUT2D eigenvalue weighted by Crippen LogP contribution is -2.45. The van der Waals surface area contributed by atoms with Crippen LogP contribution in [0.15, 0.2) is 36.5 Å². The first-order valence-corrected chi connectivity index (χ1v) is 24.2. The first-order chi connectivity index (χ1) is 26.7. The van der Waals surface area contributed by atoms with Crippen molar-refractivity contribution in [1.29, 1.82) is 0 Å². The summed E-state index contributed by atoms with van der Waals surface area (Å²) in [6, 6.07) is -0.640. The number of carbonyl (C=O) groups is 1. The van der Waals surface area contributed by atoms with Crippen LogP contribution in [-0.4, -0.2) is 34.9 Å². The predicted molar refractivity (Wildman–Crippen MR) is 239 cm³/mol. The van der Waals surface area contributed by atoms with E-state index < -0.39 is 12.1 Å². The molecule has 4 heteroatoms. The number of allylic oxidation sites excluding steroid dienone is 5. The molecule has 0 aromatic carbocycles. The Hall–Kier alpha value is -1.39. The monoisotopic (exact) mass is 758 g/mol. The van der Waals surface area contributed by atoms with Crippen LogP contribution in [0.2, 0.25) is 0 Å². The molecule has 0 fully saturated rings. The van der Waals surface area contributed by atoms with Crippen LogP contribution >= 0.6 is 0 Å². The van der Waals surface area contributed by atoms with Crippen LogP contribution in [0, 0.1) is 0 Å². The molecule has 2 unspecified atom stereocenters. The van der Waals surface area contributed by atoms with Gasteiger partial charge >= 0.3 is 0 Å². The zero-order valence-corrected chi connectivity index (χ0v) is 36.5. The summed E-state index contributed by atoms with van der Waals surface area (Å²) in [5, 5.41) is 23.0. The molecule has 0 heterocycles. The summed E-state index contributed by atoms with van der Waals surface area (Å²) in [5.74, 6) is -0.0764. The number of amides is 1. The fourth-order valence-electron chi connectivity index (χ4n) is 7.37. The molecule has 318 valence electrons. The lowest BCUT2D eigenvalue weighted by atomic mass is 10.0. The maximum atomic E-state index is 12.4. The first-order valence-electron chi connectivity index (χ1n) is 24.2. The van der Waals surface area contributed by atoms with Crippen molar-refractivity contribution in [2.24, 2.45) is 0 Å². The zero-order valence-electron chi connectivity index (χ0n) is 36.5. The van der Waals surface area contributed by atoms with Gasteiger partial charge in [0.1, 0.15) is 0 Å². The Bertz CT molecular complexity index is 821. The van der Waals surface area contributed by atoms with Crippen LogP contribution < -0.4 is 5.32 Å². The standard InChI is InChI=1S/C50H95NO3/c1-3-5-7-9-11-13-15-17-19-21-23-24-25-26-28-29-31-33-35-37-39-41-43-45-49(53)48(47-52)51-50(54)46-44-42-40-38-36-34-32-30-27-22-20-18-16-14-12-10-8-6-4-2/h22,27,35,37,43,45,48-49,52-53H,3-21,23-26,28-34,36,38-42,44,46-47H2,1-2H3,(H,51,54)/b27-22-,37-35+,45-43+. The number of carbonyl (C=O) groups excluding carboxylic acids is 1. The molecule has 1 amide bonds. The Labute approximate surface area is 338 Å². The average Bonchev–Trinajstić information content (AvgIpc) is 3.18. The van der Waals surface area contributed by atoms with E-state index in [1.165, 1.54) is 205 Å². The molecule has 4 nitrogen and oxygen atoms in total. The molecule has 2 atom stereocenters. The van der Waals surface area contributed by atoms with Gasteiger partial charge in [0.15, 0.2) is 0 Å². The highest BCUT2D eigenvalue weighted by atomic mass is 16.3. The Morgan fingerprint density at radius 2 is 0.722 bits per heavy atom. The van der Waals surface area contributed by atoms with Gasteiger partial charge in [-0.3, -0.25) is 4.79 Å². The highest BCUT2D eigenvalue weighted by molar-refractivity contribution is 5.76. The number of aliphatic hydroxyl groups excluding tert-OH is 2. The summed E-state index contributed by atoms with van der Waals surface area (Å²) < 4.78 is 0. The smallest absolute Gasteiger partial charge is 0.220 e. The Morgan fingerprint density at radius 3 is 1.07 bits per heavy atom. The Kier molecular flexibility index (Phi) is 44.8. The molecule has 0 bridgehead atoms. The van der Waals surface area contributed by atoms with E-state index in [2.05, 4.69) is 43.5 Å². The van der Waals surface area contributed by atoms with Gasteiger partial charge in [-0.2, -0.15) is 0 Å². The average molecular weight is 758 g/mol. The maximum Gasteiger partial charge on any atom is 0.220 e. The summed E-state index contributed by atoms with van der Waals surface area (Å²) in [7, 11) is 0. The topological polar surface area (TPSA) is 69.6 Å². The summed E-state index contributed by atoms with van der Waals surface area (Å²) >= 11 is 0. The highest BCUT2D eigenvalue weighted by Gasteiger charge is 2.17. The van der Waals surface area contributed by atoms with Crippen molar-refractivity contribution >= 4 is 5.91 Å². The minimum atomic E-state index is -0.863. The van der Waals surface area contributed by atoms with Crippen LogP contribution in [0.1, 0.15) is 258 Å². The van der Waals surface area contributed by atoms with Crippen molar-refractivity contribution in [3.63, 3.8) is 0 Å². The van der Waals surface area contributed by atoms with Crippen molar-refractivity contribution in [2.75, 3.05) is 6.61 Å². The van der Waals surface area contributed by atoms with E-state index in [-0.39, 0.29) is 12.5 Å². The van der Waals surface area contributed by atoms with E-state index in [0.29, 0.717) is 6.42 Å². The van der Waals surface area contributed by atoms with Gasteiger partial charge in [0, 0.05) is 6.42 Å². The van der Waals surface area contributed by atoms with Crippen LogP contribution in [0.4, 0.5) is 0 Å². The van der Waals surface area contributed by atoms with Gasteiger partial charge in [0.25, 0.3) is 0 Å². The first kappa shape index (κ1) is 52.6. The molecule has 0 rings (SSSR count). The van der Waals surface area contributed by atoms with E-state index in [9.17, 15) is 15.0 Å². The van der Waals surface area contributed by atoms with Gasteiger partial charge in [0.2, 0.25) is 5.91 Å². The fraction of sp³-hybridized carbons (Fsp3) is 0.860. The molecule has 0 radical (unpaired) electrons. The SMILES string of the molecule is CCCCCCCCCC/C=C\CCCCCCCCCC(=O)NC(CO)C(O)/C=C/CC/C=C/CCCCCCCCCCCCCCCCCCC. The number of aliphatic hydroxyl groups is 2. The molecular weight excluding hydrogens is 663 g/mol. The number of rotatable bonds is 44. The van der Waals surface area contributed by atoms with Crippen LogP contribution in [-0.2, 0) is 4.79 Å². The van der Waals surface area contributed by atoms with Gasteiger partial charge in [-0.15, -0.1) is 0 Å². The summed E-state index contributed by atoms with van der Waals surface area (Å²) in [6.07, 6.45) is 61.3. The number of hydrogen-bond acceptors (Lipinski definition) is 3. The van der Waals surface area contributed by atoms with E-state index in [1.54, 1.807) is 6.08 Å². The molecule has 0 spiro atoms. The normalized spacial score (nSPS) is 13.2. The van der Waals surface area contributed by atoms with Crippen LogP contribution in [0.3, 0.4) is 0 Å². The van der Waals surface area contributed by atoms with Gasteiger partial charge in [-0.1, -0.05) is 230 Å². The summed E-state index contributed by atoms with van der Waals surface area (Å²) in [5.41, 5.74) is 0. The predicted octanol–water partition coefficient (Wildman–Crippen LogP) is 15.4.